The summed E-state index contributed by atoms with van der Waals surface area (Å²) in [5.74, 6) is 0. The topological polar surface area (TPSA) is 80.5 Å². The van der Waals surface area contributed by atoms with E-state index in [2.05, 4.69) is 15.3 Å². The Hall–Kier alpha value is -1.54. The van der Waals surface area contributed by atoms with Gasteiger partial charge < -0.3 is 0 Å². The van der Waals surface area contributed by atoms with E-state index in [1.165, 1.54) is 12.7 Å². The van der Waals surface area contributed by atoms with Gasteiger partial charge >= 0.3 is 0 Å². The highest BCUT2D eigenvalue weighted by molar-refractivity contribution is 7.88. The minimum atomic E-state index is -2.89. The van der Waals surface area contributed by atoms with Crippen molar-refractivity contribution >= 4 is 15.7 Å². The molecule has 19 heavy (non-hydrogen) atoms. The molecule has 0 aliphatic carbocycles. The van der Waals surface area contributed by atoms with Crippen molar-refractivity contribution in [3.05, 3.63) is 24.7 Å². The smallest absolute Gasteiger partial charge is 0.211 e. The van der Waals surface area contributed by atoms with Crippen molar-refractivity contribution in [3.8, 4) is 0 Å². The molecule has 8 heteroatoms. The molecule has 0 unspecified atom stereocenters. The van der Waals surface area contributed by atoms with E-state index in [-0.39, 0.29) is 0 Å². The first kappa shape index (κ1) is 13.9. The fourth-order valence-electron chi connectivity index (χ4n) is 1.87. The fourth-order valence-corrected chi connectivity index (χ4v) is 2.79. The van der Waals surface area contributed by atoms with Crippen molar-refractivity contribution in [2.24, 2.45) is 0 Å². The van der Waals surface area contributed by atoms with Crippen molar-refractivity contribution in [1.29, 1.82) is 0 Å². The zero-order valence-electron chi connectivity index (χ0n) is 10.8. The predicted molar refractivity (Wildman–Crippen MR) is 71.0 cm³/mol. The molecular weight excluding hydrogens is 266 g/mol. The highest BCUT2D eigenvalue weighted by Crippen LogP contribution is 2.11. The summed E-state index contributed by atoms with van der Waals surface area (Å²) >= 11 is 0. The van der Waals surface area contributed by atoms with Crippen LogP contribution in [0.25, 0.3) is 5.65 Å². The van der Waals surface area contributed by atoms with Crippen LogP contribution in [0.3, 0.4) is 0 Å². The number of rotatable bonds is 1. The third kappa shape index (κ3) is 3.97. The first-order valence-electron chi connectivity index (χ1n) is 6.13. The minimum Gasteiger partial charge on any atom is -0.213 e. The molecule has 0 aromatic carbocycles. The molecule has 1 aliphatic rings. The number of hydrogen-bond acceptors (Lipinski definition) is 5. The Labute approximate surface area is 112 Å². The lowest BCUT2D eigenvalue weighted by Gasteiger charge is -2.23. The summed E-state index contributed by atoms with van der Waals surface area (Å²) in [6, 6.07) is 3.67. The summed E-state index contributed by atoms with van der Waals surface area (Å²) in [5, 5.41) is 11.4. The molecule has 0 atom stereocenters. The molecular formula is C11H17N5O2S. The van der Waals surface area contributed by atoms with Gasteiger partial charge in [0.1, 0.15) is 6.33 Å². The second-order valence-electron chi connectivity index (χ2n) is 4.38. The second kappa shape index (κ2) is 6.07. The average molecular weight is 283 g/mol. The van der Waals surface area contributed by atoms with Crippen LogP contribution in [0, 0.1) is 0 Å². The normalized spacial score (nSPS) is 16.9. The molecule has 1 saturated heterocycles. The molecule has 3 rings (SSSR count). The highest BCUT2D eigenvalue weighted by Gasteiger charge is 2.18. The number of sulfonamides is 1. The molecule has 0 spiro atoms. The van der Waals surface area contributed by atoms with E-state index in [0.29, 0.717) is 0 Å². The Bertz CT molecular complexity index is 589. The van der Waals surface area contributed by atoms with Gasteiger partial charge in [-0.05, 0) is 25.0 Å². The van der Waals surface area contributed by atoms with Crippen molar-refractivity contribution in [2.75, 3.05) is 19.3 Å². The van der Waals surface area contributed by atoms with Crippen molar-refractivity contribution in [3.63, 3.8) is 0 Å². The molecule has 0 N–H and O–H groups in total. The van der Waals surface area contributed by atoms with Gasteiger partial charge in [0, 0.05) is 19.3 Å². The lowest BCUT2D eigenvalue weighted by Crippen LogP contribution is -2.34. The van der Waals surface area contributed by atoms with Crippen LogP contribution >= 0.6 is 0 Å². The van der Waals surface area contributed by atoms with Gasteiger partial charge in [0.2, 0.25) is 10.0 Å². The number of hydrogen-bond donors (Lipinski definition) is 0. The van der Waals surface area contributed by atoms with E-state index in [0.717, 1.165) is 31.6 Å². The number of nitrogens with zero attached hydrogens (tertiary/aromatic N) is 5. The van der Waals surface area contributed by atoms with Crippen LogP contribution in [-0.2, 0) is 10.0 Å². The van der Waals surface area contributed by atoms with E-state index in [1.807, 2.05) is 12.1 Å². The largest absolute Gasteiger partial charge is 0.213 e. The van der Waals surface area contributed by atoms with Crippen molar-refractivity contribution in [2.45, 2.75) is 19.3 Å². The van der Waals surface area contributed by atoms with Gasteiger partial charge in [-0.25, -0.2) is 17.2 Å². The maximum atomic E-state index is 10.9. The molecule has 2 aromatic heterocycles. The Morgan fingerprint density at radius 2 is 1.95 bits per heavy atom. The monoisotopic (exact) mass is 283 g/mol. The summed E-state index contributed by atoms with van der Waals surface area (Å²) in [7, 11) is -2.89. The standard InChI is InChI=1S/C6H13NO2S.C5H4N4/c1-10(8,9)7-5-3-2-4-6-7;1-2-5-8-6-4-9(5)7-3-1/h2-6H2,1H3;1-4H. The van der Waals surface area contributed by atoms with E-state index < -0.39 is 10.0 Å². The maximum absolute atomic E-state index is 10.9. The SMILES string of the molecule is CS(=O)(=O)N1CCCCC1.c1cnn2cnnc2c1. The van der Waals surface area contributed by atoms with Gasteiger partial charge in [-0.3, -0.25) is 0 Å². The quantitative estimate of drug-likeness (QED) is 0.763. The summed E-state index contributed by atoms with van der Waals surface area (Å²) in [6.45, 7) is 1.44. The fraction of sp³-hybridized carbons (Fsp3) is 0.545. The first-order valence-corrected chi connectivity index (χ1v) is 7.98. The van der Waals surface area contributed by atoms with Crippen LogP contribution in [0.4, 0.5) is 0 Å². The Morgan fingerprint density at radius 1 is 1.21 bits per heavy atom. The molecule has 104 valence electrons. The molecule has 0 saturated carbocycles. The summed E-state index contributed by atoms with van der Waals surface area (Å²) in [5.41, 5.74) is 0.775. The van der Waals surface area contributed by atoms with Crippen LogP contribution in [0.2, 0.25) is 0 Å². The van der Waals surface area contributed by atoms with Crippen molar-refractivity contribution < 1.29 is 8.42 Å². The van der Waals surface area contributed by atoms with Gasteiger partial charge in [0.15, 0.2) is 5.65 Å². The van der Waals surface area contributed by atoms with Gasteiger partial charge in [0.05, 0.1) is 6.26 Å². The zero-order chi connectivity index (χ0) is 13.7. The minimum absolute atomic E-state index is 0.721. The van der Waals surface area contributed by atoms with E-state index in [9.17, 15) is 8.42 Å². The average Bonchev–Trinajstić information content (AvgIpc) is 2.88. The molecule has 0 bridgehead atoms. The Kier molecular flexibility index (Phi) is 4.43. The predicted octanol–water partition coefficient (Wildman–Crippen LogP) is 0.556. The Morgan fingerprint density at radius 3 is 2.53 bits per heavy atom. The maximum Gasteiger partial charge on any atom is 0.211 e. The molecule has 1 fully saturated rings. The zero-order valence-corrected chi connectivity index (χ0v) is 11.6. The third-order valence-corrected chi connectivity index (χ3v) is 4.17. The van der Waals surface area contributed by atoms with E-state index in [4.69, 9.17) is 0 Å². The molecule has 2 aromatic rings. The number of fused-ring (bicyclic) bond motifs is 1. The van der Waals surface area contributed by atoms with Crippen LogP contribution in [-0.4, -0.2) is 51.9 Å². The van der Waals surface area contributed by atoms with Crippen LogP contribution in [0.5, 0.6) is 0 Å². The molecule has 0 radical (unpaired) electrons. The van der Waals surface area contributed by atoms with Gasteiger partial charge in [-0.1, -0.05) is 6.42 Å². The van der Waals surface area contributed by atoms with E-state index in [1.54, 1.807) is 21.3 Å². The van der Waals surface area contributed by atoms with Crippen LogP contribution in [0.15, 0.2) is 24.7 Å². The van der Waals surface area contributed by atoms with E-state index >= 15 is 0 Å². The number of aromatic nitrogens is 4. The Balaban J connectivity index is 0.000000141. The second-order valence-corrected chi connectivity index (χ2v) is 6.36. The van der Waals surface area contributed by atoms with Gasteiger partial charge in [0.25, 0.3) is 0 Å². The number of piperidine rings is 1. The van der Waals surface area contributed by atoms with Gasteiger partial charge in [-0.2, -0.15) is 5.10 Å². The lowest BCUT2D eigenvalue weighted by atomic mass is 10.2. The summed E-state index contributed by atoms with van der Waals surface area (Å²) < 4.78 is 25.0. The van der Waals surface area contributed by atoms with Crippen LogP contribution < -0.4 is 0 Å². The molecule has 0 amide bonds. The molecule has 1 aliphatic heterocycles. The van der Waals surface area contributed by atoms with Crippen molar-refractivity contribution in [1.82, 2.24) is 24.1 Å². The third-order valence-electron chi connectivity index (χ3n) is 2.86. The molecule has 7 nitrogen and oxygen atoms in total. The summed E-state index contributed by atoms with van der Waals surface area (Å²) in [4.78, 5) is 0. The lowest BCUT2D eigenvalue weighted by molar-refractivity contribution is 0.349. The summed E-state index contributed by atoms with van der Waals surface area (Å²) in [6.07, 6.45) is 7.75. The highest BCUT2D eigenvalue weighted by atomic mass is 32.2. The van der Waals surface area contributed by atoms with Crippen LogP contribution in [0.1, 0.15) is 19.3 Å². The van der Waals surface area contributed by atoms with Gasteiger partial charge in [-0.15, -0.1) is 10.2 Å². The first-order chi connectivity index (χ1) is 9.07. The molecule has 3 heterocycles.